The highest BCUT2D eigenvalue weighted by Crippen LogP contribution is 2.17. The van der Waals surface area contributed by atoms with Crippen LogP contribution in [0.2, 0.25) is 0 Å². The molecule has 0 fully saturated rings. The van der Waals surface area contributed by atoms with Crippen LogP contribution in [0.15, 0.2) is 61.1 Å². The Labute approximate surface area is 134 Å². The first-order chi connectivity index (χ1) is 11.2. The van der Waals surface area contributed by atoms with Gasteiger partial charge in [-0.1, -0.05) is 30.3 Å². The molecule has 0 radical (unpaired) electrons. The standard InChI is InChI=1S/C17H18N4O2/c1-20-17(21-9-5-6-10-21)14(11-18-20)16(23)19-15(12-22)13-7-3-2-4-8-13/h2-11,15,22H,12H2,1H3,(H,19,23)/t15-/m1/s1. The quantitative estimate of drug-likeness (QED) is 0.753. The topological polar surface area (TPSA) is 72.1 Å². The molecule has 2 aromatic heterocycles. The minimum atomic E-state index is -0.457. The second-order valence-corrected chi connectivity index (χ2v) is 5.22. The zero-order valence-electron chi connectivity index (χ0n) is 12.8. The lowest BCUT2D eigenvalue weighted by Gasteiger charge is -2.17. The summed E-state index contributed by atoms with van der Waals surface area (Å²) in [6.07, 6.45) is 5.24. The first-order valence-corrected chi connectivity index (χ1v) is 7.32. The van der Waals surface area contributed by atoms with Crippen molar-refractivity contribution in [2.75, 3.05) is 6.61 Å². The van der Waals surface area contributed by atoms with E-state index in [1.165, 1.54) is 6.20 Å². The summed E-state index contributed by atoms with van der Waals surface area (Å²) in [5.74, 6) is 0.405. The molecule has 1 aromatic carbocycles. The number of aliphatic hydroxyl groups is 1. The van der Waals surface area contributed by atoms with Crippen LogP contribution in [0.1, 0.15) is 22.0 Å². The first-order valence-electron chi connectivity index (χ1n) is 7.32. The van der Waals surface area contributed by atoms with Gasteiger partial charge in [0.25, 0.3) is 5.91 Å². The largest absolute Gasteiger partial charge is 0.394 e. The van der Waals surface area contributed by atoms with Crippen LogP contribution >= 0.6 is 0 Å². The van der Waals surface area contributed by atoms with Gasteiger partial charge in [-0.25, -0.2) is 0 Å². The fourth-order valence-corrected chi connectivity index (χ4v) is 2.53. The average molecular weight is 310 g/mol. The summed E-state index contributed by atoms with van der Waals surface area (Å²) in [6, 6.07) is 12.7. The Kier molecular flexibility index (Phi) is 4.25. The number of rotatable bonds is 5. The van der Waals surface area contributed by atoms with E-state index in [1.54, 1.807) is 11.7 Å². The maximum absolute atomic E-state index is 12.6. The molecule has 1 atom stereocenters. The van der Waals surface area contributed by atoms with Crippen LogP contribution in [-0.2, 0) is 7.05 Å². The minimum absolute atomic E-state index is 0.172. The number of nitrogens with zero attached hydrogens (tertiary/aromatic N) is 3. The van der Waals surface area contributed by atoms with Crippen molar-refractivity contribution in [1.82, 2.24) is 19.7 Å². The third-order valence-electron chi connectivity index (χ3n) is 3.69. The van der Waals surface area contributed by atoms with Crippen molar-refractivity contribution < 1.29 is 9.90 Å². The predicted octanol–water partition coefficient (Wildman–Crippen LogP) is 1.67. The number of aromatic nitrogens is 3. The molecule has 0 saturated heterocycles. The molecule has 3 aromatic rings. The lowest BCUT2D eigenvalue weighted by atomic mass is 10.1. The molecule has 6 heteroatoms. The van der Waals surface area contributed by atoms with E-state index in [1.807, 2.05) is 59.4 Å². The van der Waals surface area contributed by atoms with E-state index in [0.717, 1.165) is 5.56 Å². The number of aryl methyl sites for hydroxylation is 1. The highest BCUT2D eigenvalue weighted by Gasteiger charge is 2.20. The smallest absolute Gasteiger partial charge is 0.257 e. The fraction of sp³-hybridized carbons (Fsp3) is 0.176. The van der Waals surface area contributed by atoms with Crippen LogP contribution in [0.4, 0.5) is 0 Å². The summed E-state index contributed by atoms with van der Waals surface area (Å²) in [5, 5.41) is 16.6. The number of aliphatic hydroxyl groups excluding tert-OH is 1. The third-order valence-corrected chi connectivity index (χ3v) is 3.69. The molecule has 118 valence electrons. The Balaban J connectivity index is 1.87. The summed E-state index contributed by atoms with van der Waals surface area (Å²) in [4.78, 5) is 12.6. The first kappa shape index (κ1) is 15.1. The molecule has 23 heavy (non-hydrogen) atoms. The van der Waals surface area contributed by atoms with Gasteiger partial charge in [0, 0.05) is 19.4 Å². The average Bonchev–Trinajstić information content (AvgIpc) is 3.22. The van der Waals surface area contributed by atoms with E-state index >= 15 is 0 Å². The van der Waals surface area contributed by atoms with Gasteiger partial charge in [0.05, 0.1) is 18.8 Å². The summed E-state index contributed by atoms with van der Waals surface area (Å²) >= 11 is 0. The van der Waals surface area contributed by atoms with E-state index in [-0.39, 0.29) is 12.5 Å². The van der Waals surface area contributed by atoms with Gasteiger partial charge in [0.15, 0.2) is 0 Å². The van der Waals surface area contributed by atoms with Crippen molar-refractivity contribution in [2.45, 2.75) is 6.04 Å². The SMILES string of the molecule is Cn1ncc(C(=O)N[C@H](CO)c2ccccc2)c1-n1cccc1. The number of nitrogens with one attached hydrogen (secondary N) is 1. The lowest BCUT2D eigenvalue weighted by Crippen LogP contribution is -2.31. The fourth-order valence-electron chi connectivity index (χ4n) is 2.53. The summed E-state index contributed by atoms with van der Waals surface area (Å²) in [6.45, 7) is -0.172. The molecule has 0 aliphatic carbocycles. The number of hydrogen-bond acceptors (Lipinski definition) is 3. The molecule has 0 bridgehead atoms. The van der Waals surface area contributed by atoms with Crippen LogP contribution in [0.3, 0.4) is 0 Å². The molecule has 3 rings (SSSR count). The van der Waals surface area contributed by atoms with Gasteiger partial charge in [-0.05, 0) is 17.7 Å². The highest BCUT2D eigenvalue weighted by molar-refractivity contribution is 5.97. The van der Waals surface area contributed by atoms with Gasteiger partial charge in [0.1, 0.15) is 11.4 Å². The Hall–Kier alpha value is -2.86. The number of carbonyl (C=O) groups is 1. The normalized spacial score (nSPS) is 12.1. The number of amides is 1. The number of carbonyl (C=O) groups excluding carboxylic acids is 1. The van der Waals surface area contributed by atoms with Crippen molar-refractivity contribution in [3.63, 3.8) is 0 Å². The van der Waals surface area contributed by atoms with E-state index in [0.29, 0.717) is 11.4 Å². The molecule has 2 N–H and O–H groups in total. The molecule has 0 aliphatic heterocycles. The molecule has 0 spiro atoms. The molecule has 6 nitrogen and oxygen atoms in total. The maximum Gasteiger partial charge on any atom is 0.257 e. The zero-order chi connectivity index (χ0) is 16.2. The van der Waals surface area contributed by atoms with Crippen LogP contribution in [0.25, 0.3) is 5.82 Å². The van der Waals surface area contributed by atoms with Crippen LogP contribution < -0.4 is 5.32 Å². The Morgan fingerprint density at radius 3 is 2.57 bits per heavy atom. The van der Waals surface area contributed by atoms with E-state index in [9.17, 15) is 9.90 Å². The van der Waals surface area contributed by atoms with Gasteiger partial charge >= 0.3 is 0 Å². The number of benzene rings is 1. The monoisotopic (exact) mass is 310 g/mol. The third kappa shape index (κ3) is 3.02. The van der Waals surface area contributed by atoms with E-state index in [4.69, 9.17) is 0 Å². The maximum atomic E-state index is 12.6. The van der Waals surface area contributed by atoms with Crippen molar-refractivity contribution in [1.29, 1.82) is 0 Å². The molecule has 2 heterocycles. The zero-order valence-corrected chi connectivity index (χ0v) is 12.8. The van der Waals surface area contributed by atoms with Crippen LogP contribution in [0.5, 0.6) is 0 Å². The minimum Gasteiger partial charge on any atom is -0.394 e. The Bertz CT molecular complexity index is 778. The van der Waals surface area contributed by atoms with Crippen LogP contribution in [0, 0.1) is 0 Å². The molecule has 0 aliphatic rings. The van der Waals surface area contributed by atoms with E-state index < -0.39 is 6.04 Å². The predicted molar refractivity (Wildman–Crippen MR) is 86.3 cm³/mol. The molecular formula is C17H18N4O2. The molecule has 1 amide bonds. The lowest BCUT2D eigenvalue weighted by molar-refractivity contribution is 0.0916. The Morgan fingerprint density at radius 2 is 1.91 bits per heavy atom. The van der Waals surface area contributed by atoms with Gasteiger partial charge in [-0.2, -0.15) is 5.10 Å². The van der Waals surface area contributed by atoms with Crippen molar-refractivity contribution >= 4 is 5.91 Å². The van der Waals surface area contributed by atoms with Gasteiger partial charge < -0.3 is 15.0 Å². The van der Waals surface area contributed by atoms with E-state index in [2.05, 4.69) is 10.4 Å². The van der Waals surface area contributed by atoms with Gasteiger partial charge in [-0.3, -0.25) is 9.48 Å². The van der Waals surface area contributed by atoms with Gasteiger partial charge in [-0.15, -0.1) is 0 Å². The molecule has 0 unspecified atom stereocenters. The number of hydrogen-bond donors (Lipinski definition) is 2. The van der Waals surface area contributed by atoms with Gasteiger partial charge in [0.2, 0.25) is 0 Å². The van der Waals surface area contributed by atoms with Crippen molar-refractivity contribution in [2.24, 2.45) is 7.05 Å². The van der Waals surface area contributed by atoms with Crippen molar-refractivity contribution in [3.8, 4) is 5.82 Å². The summed E-state index contributed by atoms with van der Waals surface area (Å²) in [5.41, 5.74) is 1.31. The van der Waals surface area contributed by atoms with Crippen LogP contribution in [-0.4, -0.2) is 32.0 Å². The summed E-state index contributed by atoms with van der Waals surface area (Å²) in [7, 11) is 1.78. The summed E-state index contributed by atoms with van der Waals surface area (Å²) < 4.78 is 3.48. The Morgan fingerprint density at radius 1 is 1.22 bits per heavy atom. The second-order valence-electron chi connectivity index (χ2n) is 5.22. The van der Waals surface area contributed by atoms with Crippen molar-refractivity contribution in [3.05, 3.63) is 72.2 Å². The highest BCUT2D eigenvalue weighted by atomic mass is 16.3. The molecule has 0 saturated carbocycles. The molecular weight excluding hydrogens is 292 g/mol. The second kappa shape index (κ2) is 6.50.